The van der Waals surface area contributed by atoms with Crippen LogP contribution < -0.4 is 0 Å². The van der Waals surface area contributed by atoms with E-state index in [0.29, 0.717) is 18.7 Å². The minimum Gasteiger partial charge on any atom is -0.381 e. The molecule has 0 amide bonds. The van der Waals surface area contributed by atoms with Crippen molar-refractivity contribution in [1.82, 2.24) is 0 Å². The number of carbonyl (C=O) groups is 1. The highest BCUT2D eigenvalue weighted by Gasteiger charge is 2.68. The number of Topliss-reactive ketones (excluding diaryl/α,β-unsaturated/α-hetero) is 1. The Hall–Kier alpha value is -0.780. The van der Waals surface area contributed by atoms with Gasteiger partial charge in [0.25, 0.3) is 0 Å². The topological polar surface area (TPSA) is 44.8 Å². The molecule has 0 aromatic carbocycles. The van der Waals surface area contributed by atoms with Crippen molar-refractivity contribution in [2.45, 2.75) is 72.0 Å². The summed E-state index contributed by atoms with van der Waals surface area (Å²) in [6.45, 7) is 8.73. The lowest BCUT2D eigenvalue weighted by molar-refractivity contribution is -0.217. The predicted molar refractivity (Wildman–Crippen MR) is 106 cm³/mol. The molecule has 2 bridgehead atoms. The van der Waals surface area contributed by atoms with Crippen molar-refractivity contribution in [3.63, 3.8) is 0 Å². The number of rotatable bonds is 5. The van der Waals surface area contributed by atoms with E-state index in [4.69, 9.17) is 14.2 Å². The van der Waals surface area contributed by atoms with Gasteiger partial charge in [-0.3, -0.25) is 4.79 Å². The molecule has 3 aliphatic carbocycles. The van der Waals surface area contributed by atoms with Crippen molar-refractivity contribution >= 4 is 5.78 Å². The molecule has 28 heavy (non-hydrogen) atoms. The average molecular weight is 397 g/mol. The van der Waals surface area contributed by atoms with Crippen molar-refractivity contribution in [2.24, 2.45) is 34.0 Å². The normalized spacial score (nSPS) is 49.1. The van der Waals surface area contributed by atoms with Gasteiger partial charge in [-0.2, -0.15) is 0 Å². The summed E-state index contributed by atoms with van der Waals surface area (Å²) in [6.07, 6.45) is 6.40. The molecule has 3 rings (SSSR count). The Morgan fingerprint density at radius 3 is 2.46 bits per heavy atom. The first-order valence-electron chi connectivity index (χ1n) is 10.7. The maximum Gasteiger partial charge on any atom is 0.146 e. The number of carbonyl (C=O) groups excluding carboxylic acids is 1. The molecule has 3 aliphatic rings. The predicted octanol–water partition coefficient (Wildman–Crippen LogP) is 4.92. The molecule has 3 fully saturated rings. The molecule has 2 unspecified atom stereocenters. The van der Waals surface area contributed by atoms with Crippen molar-refractivity contribution < 1.29 is 23.4 Å². The van der Waals surface area contributed by atoms with E-state index in [9.17, 15) is 9.18 Å². The van der Waals surface area contributed by atoms with E-state index < -0.39 is 5.41 Å². The Labute approximate surface area is 169 Å². The molecule has 0 aromatic heterocycles. The first kappa shape index (κ1) is 21.9. The fourth-order valence-corrected chi connectivity index (χ4v) is 7.12. The molecule has 0 saturated heterocycles. The van der Waals surface area contributed by atoms with Crippen LogP contribution in [0.1, 0.15) is 59.8 Å². The maximum atomic E-state index is 13.7. The molecule has 5 heteroatoms. The monoisotopic (exact) mass is 396 g/mol. The molecular weight excluding hydrogens is 359 g/mol. The second-order valence-corrected chi connectivity index (χ2v) is 9.89. The molecule has 3 saturated carbocycles. The SMILES string of the molecule is COCO[C@@H]1C[C@@](C)(/C=C/F)C(=O)[C@H](C)C23CC[C@@H](C)[C@]1(C)C2[C@H](OC)CC3. The van der Waals surface area contributed by atoms with Gasteiger partial charge in [-0.05, 0) is 62.4 Å². The Kier molecular flexibility index (Phi) is 6.11. The Morgan fingerprint density at radius 1 is 1.18 bits per heavy atom. The van der Waals surface area contributed by atoms with Crippen LogP contribution in [0.25, 0.3) is 0 Å². The molecule has 0 heterocycles. The molecule has 8 atom stereocenters. The minimum atomic E-state index is -0.881. The summed E-state index contributed by atoms with van der Waals surface area (Å²) in [5, 5.41) is 0. The van der Waals surface area contributed by atoms with Gasteiger partial charge < -0.3 is 14.2 Å². The van der Waals surface area contributed by atoms with Gasteiger partial charge in [-0.25, -0.2) is 4.39 Å². The van der Waals surface area contributed by atoms with Crippen molar-refractivity contribution in [3.8, 4) is 0 Å². The summed E-state index contributed by atoms with van der Waals surface area (Å²) in [5.74, 6) is 0.663. The van der Waals surface area contributed by atoms with E-state index in [2.05, 4.69) is 20.8 Å². The van der Waals surface area contributed by atoms with Gasteiger partial charge >= 0.3 is 0 Å². The molecule has 0 radical (unpaired) electrons. The zero-order valence-corrected chi connectivity index (χ0v) is 18.3. The molecule has 0 spiro atoms. The van der Waals surface area contributed by atoms with Crippen LogP contribution >= 0.6 is 0 Å². The van der Waals surface area contributed by atoms with Crippen LogP contribution in [0.2, 0.25) is 0 Å². The van der Waals surface area contributed by atoms with Gasteiger partial charge in [0.1, 0.15) is 12.6 Å². The van der Waals surface area contributed by atoms with Crippen LogP contribution in [0, 0.1) is 34.0 Å². The lowest BCUT2D eigenvalue weighted by Crippen LogP contribution is -2.62. The zero-order valence-electron chi connectivity index (χ0n) is 18.3. The molecule has 0 aromatic rings. The lowest BCUT2D eigenvalue weighted by Gasteiger charge is -2.62. The van der Waals surface area contributed by atoms with Crippen LogP contribution in [0.15, 0.2) is 12.4 Å². The fraction of sp³-hybridized carbons (Fsp3) is 0.870. The van der Waals surface area contributed by atoms with Crippen LogP contribution in [0.3, 0.4) is 0 Å². The Bertz CT molecular complexity index is 622. The zero-order chi connectivity index (χ0) is 20.7. The number of ether oxygens (including phenoxy) is 3. The number of methoxy groups -OCH3 is 2. The van der Waals surface area contributed by atoms with Gasteiger partial charge in [-0.15, -0.1) is 0 Å². The fourth-order valence-electron chi connectivity index (χ4n) is 7.12. The van der Waals surface area contributed by atoms with Gasteiger partial charge in [0.15, 0.2) is 0 Å². The van der Waals surface area contributed by atoms with Crippen molar-refractivity contribution in [2.75, 3.05) is 21.0 Å². The summed E-state index contributed by atoms with van der Waals surface area (Å²) in [4.78, 5) is 13.7. The number of hydrogen-bond acceptors (Lipinski definition) is 4. The van der Waals surface area contributed by atoms with Gasteiger partial charge in [-0.1, -0.05) is 20.8 Å². The quantitative estimate of drug-likeness (QED) is 0.619. The maximum absolute atomic E-state index is 13.7. The third kappa shape index (κ3) is 3.00. The number of ketones is 1. The highest BCUT2D eigenvalue weighted by atomic mass is 19.1. The van der Waals surface area contributed by atoms with Gasteiger partial charge in [0.2, 0.25) is 0 Å². The van der Waals surface area contributed by atoms with E-state index in [1.165, 1.54) is 6.08 Å². The van der Waals surface area contributed by atoms with Crippen LogP contribution in [-0.4, -0.2) is 39.0 Å². The highest BCUT2D eigenvalue weighted by molar-refractivity contribution is 5.89. The van der Waals surface area contributed by atoms with Gasteiger partial charge in [0.05, 0.1) is 18.5 Å². The van der Waals surface area contributed by atoms with E-state index >= 15 is 0 Å². The van der Waals surface area contributed by atoms with Crippen LogP contribution in [0.5, 0.6) is 0 Å². The van der Waals surface area contributed by atoms with E-state index in [0.717, 1.165) is 25.7 Å². The van der Waals surface area contributed by atoms with E-state index in [-0.39, 0.29) is 47.4 Å². The highest BCUT2D eigenvalue weighted by Crippen LogP contribution is 2.68. The average Bonchev–Trinajstić information content (AvgIpc) is 3.07. The molecule has 4 nitrogen and oxygen atoms in total. The first-order chi connectivity index (χ1) is 13.2. The Morgan fingerprint density at radius 2 is 1.86 bits per heavy atom. The van der Waals surface area contributed by atoms with E-state index in [1.807, 2.05) is 6.92 Å². The van der Waals surface area contributed by atoms with Gasteiger partial charge in [0, 0.05) is 31.0 Å². The summed E-state index contributed by atoms with van der Waals surface area (Å²) in [5.41, 5.74) is -1.16. The standard InChI is InChI=1S/C23H37FO4/c1-15-7-9-23-10-8-17(27-6)19(23)22(15,4)18(28-14-26-5)13-21(3,11-12-24)20(25)16(23)2/h11-12,15-19H,7-10,13-14H2,1-6H3/b12-11+/t15-,16+,17-,18-,19?,21-,22+,23?/m1/s1. The molecular formula is C23H37FO4. The lowest BCUT2D eigenvalue weighted by atomic mass is 9.44. The second kappa shape index (κ2) is 7.81. The largest absolute Gasteiger partial charge is 0.381 e. The Balaban J connectivity index is 2.20. The van der Waals surface area contributed by atoms with E-state index in [1.54, 1.807) is 14.2 Å². The van der Waals surface area contributed by atoms with Crippen molar-refractivity contribution in [1.29, 1.82) is 0 Å². The first-order valence-corrected chi connectivity index (χ1v) is 10.7. The summed E-state index contributed by atoms with van der Waals surface area (Å²) in [6, 6.07) is 0. The molecule has 0 N–H and O–H groups in total. The summed E-state index contributed by atoms with van der Waals surface area (Å²) >= 11 is 0. The number of halogens is 1. The third-order valence-corrected chi connectivity index (χ3v) is 8.90. The van der Waals surface area contributed by atoms with Crippen LogP contribution in [0.4, 0.5) is 4.39 Å². The number of hydrogen-bond donors (Lipinski definition) is 0. The van der Waals surface area contributed by atoms with Crippen molar-refractivity contribution in [3.05, 3.63) is 12.4 Å². The minimum absolute atomic E-state index is 0.112. The third-order valence-electron chi connectivity index (χ3n) is 8.90. The second-order valence-electron chi connectivity index (χ2n) is 9.89. The summed E-state index contributed by atoms with van der Waals surface area (Å²) in [7, 11) is 3.40. The summed E-state index contributed by atoms with van der Waals surface area (Å²) < 4.78 is 30.9. The number of allylic oxidation sites excluding steroid dienone is 1. The van der Waals surface area contributed by atoms with Crippen LogP contribution in [-0.2, 0) is 19.0 Å². The molecule has 0 aliphatic heterocycles. The smallest absolute Gasteiger partial charge is 0.146 e. The molecule has 160 valence electrons.